The van der Waals surface area contributed by atoms with Crippen LogP contribution in [0.5, 0.6) is 0 Å². The van der Waals surface area contributed by atoms with Crippen molar-refractivity contribution < 1.29 is 0 Å². The van der Waals surface area contributed by atoms with Gasteiger partial charge in [0.2, 0.25) is 0 Å². The summed E-state index contributed by atoms with van der Waals surface area (Å²) >= 11 is 6.06. The highest BCUT2D eigenvalue weighted by Crippen LogP contribution is 2.31. The molecule has 1 N–H and O–H groups in total. The molecule has 2 atom stereocenters. The van der Waals surface area contributed by atoms with Crippen LogP contribution in [0.1, 0.15) is 18.4 Å². The second-order valence-electron chi connectivity index (χ2n) is 5.12. The number of hydrogen-bond acceptors (Lipinski definition) is 3. The molecule has 0 aromatic heterocycles. The van der Waals surface area contributed by atoms with Crippen molar-refractivity contribution >= 4 is 17.3 Å². The summed E-state index contributed by atoms with van der Waals surface area (Å²) in [5, 5.41) is 13.5. The highest BCUT2D eigenvalue weighted by atomic mass is 35.5. The van der Waals surface area contributed by atoms with E-state index in [1.807, 2.05) is 12.1 Å². The molecule has 3 nitrogen and oxygen atoms in total. The number of anilines is 1. The predicted octanol–water partition coefficient (Wildman–Crippen LogP) is 2.40. The summed E-state index contributed by atoms with van der Waals surface area (Å²) in [6, 6.07) is 8.46. The van der Waals surface area contributed by atoms with Crippen molar-refractivity contribution in [2.75, 3.05) is 24.5 Å². The smallest absolute Gasteiger partial charge is 0.101 e. The van der Waals surface area contributed by atoms with Crippen LogP contribution in [-0.2, 0) is 0 Å². The van der Waals surface area contributed by atoms with E-state index in [0.717, 1.165) is 37.3 Å². The minimum absolute atomic E-state index is 0.672. The number of nitrogens with zero attached hydrogens (tertiary/aromatic N) is 2. The third-order valence-corrected chi connectivity index (χ3v) is 4.31. The highest BCUT2D eigenvalue weighted by Gasteiger charge is 2.33. The number of piperidine rings is 1. The summed E-state index contributed by atoms with van der Waals surface area (Å²) in [5.74, 6) is 0.712. The van der Waals surface area contributed by atoms with Crippen molar-refractivity contribution in [3.63, 3.8) is 0 Å². The van der Waals surface area contributed by atoms with Crippen LogP contribution in [0.25, 0.3) is 0 Å². The summed E-state index contributed by atoms with van der Waals surface area (Å²) in [6.07, 6.45) is 2.39. The highest BCUT2D eigenvalue weighted by molar-refractivity contribution is 6.30. The Morgan fingerprint density at radius 2 is 2.28 bits per heavy atom. The van der Waals surface area contributed by atoms with E-state index in [2.05, 4.69) is 16.3 Å². The van der Waals surface area contributed by atoms with Crippen LogP contribution >= 0.6 is 11.6 Å². The first-order valence-electron chi connectivity index (χ1n) is 6.46. The zero-order chi connectivity index (χ0) is 12.5. The minimum Gasteiger partial charge on any atom is -0.370 e. The molecule has 2 aliphatic heterocycles. The Morgan fingerprint density at radius 3 is 3.11 bits per heavy atom. The molecule has 2 saturated heterocycles. The van der Waals surface area contributed by atoms with E-state index in [9.17, 15) is 5.26 Å². The number of hydrogen-bond donors (Lipinski definition) is 1. The van der Waals surface area contributed by atoms with Gasteiger partial charge in [-0.2, -0.15) is 5.26 Å². The first-order valence-corrected chi connectivity index (χ1v) is 6.83. The Balaban J connectivity index is 1.87. The zero-order valence-corrected chi connectivity index (χ0v) is 11.0. The molecule has 3 rings (SSSR count). The van der Waals surface area contributed by atoms with Gasteiger partial charge < -0.3 is 10.2 Å². The maximum atomic E-state index is 9.20. The van der Waals surface area contributed by atoms with Gasteiger partial charge in [-0.15, -0.1) is 0 Å². The molecule has 0 radical (unpaired) electrons. The molecule has 2 heterocycles. The van der Waals surface area contributed by atoms with Crippen LogP contribution in [0.3, 0.4) is 0 Å². The van der Waals surface area contributed by atoms with Gasteiger partial charge in [0.1, 0.15) is 6.07 Å². The topological polar surface area (TPSA) is 39.1 Å². The Labute approximate surface area is 112 Å². The van der Waals surface area contributed by atoms with Crippen LogP contribution in [0.15, 0.2) is 18.2 Å². The van der Waals surface area contributed by atoms with Gasteiger partial charge in [-0.25, -0.2) is 0 Å². The second-order valence-corrected chi connectivity index (χ2v) is 5.55. The van der Waals surface area contributed by atoms with Gasteiger partial charge in [0.25, 0.3) is 0 Å². The Bertz CT molecular complexity index is 494. The van der Waals surface area contributed by atoms with Gasteiger partial charge in [-0.1, -0.05) is 11.6 Å². The average molecular weight is 262 g/mol. The zero-order valence-electron chi connectivity index (χ0n) is 10.2. The maximum Gasteiger partial charge on any atom is 0.101 e. The molecule has 1 aromatic carbocycles. The molecule has 1 aromatic rings. The molecule has 0 bridgehead atoms. The largest absolute Gasteiger partial charge is 0.370 e. The van der Waals surface area contributed by atoms with Crippen LogP contribution in [0.2, 0.25) is 5.02 Å². The van der Waals surface area contributed by atoms with E-state index >= 15 is 0 Å². The van der Waals surface area contributed by atoms with Gasteiger partial charge in [0.05, 0.1) is 11.3 Å². The molecule has 0 aliphatic carbocycles. The first kappa shape index (κ1) is 11.8. The molecule has 94 valence electrons. The summed E-state index contributed by atoms with van der Waals surface area (Å²) < 4.78 is 0. The summed E-state index contributed by atoms with van der Waals surface area (Å²) in [4.78, 5) is 2.32. The fourth-order valence-corrected chi connectivity index (χ4v) is 3.29. The van der Waals surface area contributed by atoms with Crippen molar-refractivity contribution in [2.24, 2.45) is 5.92 Å². The Morgan fingerprint density at radius 1 is 1.39 bits per heavy atom. The normalized spacial score (nSPS) is 26.8. The third kappa shape index (κ3) is 2.07. The summed E-state index contributed by atoms with van der Waals surface area (Å²) in [7, 11) is 0. The number of nitrogens with one attached hydrogen (secondary N) is 1. The predicted molar refractivity (Wildman–Crippen MR) is 72.9 cm³/mol. The molecule has 0 amide bonds. The van der Waals surface area contributed by atoms with Crippen molar-refractivity contribution in [2.45, 2.75) is 18.9 Å². The molecule has 2 fully saturated rings. The van der Waals surface area contributed by atoms with E-state index in [-0.39, 0.29) is 0 Å². The van der Waals surface area contributed by atoms with Gasteiger partial charge in [0.15, 0.2) is 0 Å². The maximum absolute atomic E-state index is 9.20. The number of benzene rings is 1. The Hall–Kier alpha value is -1.24. The standard InChI is InChI=1S/C14H16ClN3/c15-12-2-1-10(8-16)14(7-12)18-6-4-13-11(9-18)3-5-17-13/h1-2,7,11,13,17H,3-6,9H2. The fourth-order valence-electron chi connectivity index (χ4n) is 3.13. The van der Waals surface area contributed by atoms with E-state index in [1.165, 1.54) is 6.42 Å². The third-order valence-electron chi connectivity index (χ3n) is 4.08. The monoisotopic (exact) mass is 261 g/mol. The van der Waals surface area contributed by atoms with Gasteiger partial charge in [-0.05, 0) is 43.5 Å². The van der Waals surface area contributed by atoms with E-state index in [4.69, 9.17) is 11.6 Å². The first-order chi connectivity index (χ1) is 8.78. The van der Waals surface area contributed by atoms with Crippen LogP contribution < -0.4 is 10.2 Å². The lowest BCUT2D eigenvalue weighted by Gasteiger charge is -2.36. The average Bonchev–Trinajstić information content (AvgIpc) is 2.85. The van der Waals surface area contributed by atoms with Crippen molar-refractivity contribution in [1.82, 2.24) is 5.32 Å². The number of halogens is 1. The SMILES string of the molecule is N#Cc1ccc(Cl)cc1N1CCC2NCCC2C1. The van der Waals surface area contributed by atoms with Gasteiger partial charge >= 0.3 is 0 Å². The molecule has 18 heavy (non-hydrogen) atoms. The van der Waals surface area contributed by atoms with Crippen molar-refractivity contribution in [3.8, 4) is 6.07 Å². The summed E-state index contributed by atoms with van der Waals surface area (Å²) in [6.45, 7) is 3.17. The van der Waals surface area contributed by atoms with Crippen molar-refractivity contribution in [1.29, 1.82) is 5.26 Å². The molecule has 2 aliphatic rings. The van der Waals surface area contributed by atoms with Gasteiger partial charge in [0, 0.05) is 24.2 Å². The molecular weight excluding hydrogens is 246 g/mol. The number of rotatable bonds is 1. The molecule has 2 unspecified atom stereocenters. The lowest BCUT2D eigenvalue weighted by atomic mass is 9.92. The molecule has 0 saturated carbocycles. The number of nitriles is 1. The van der Waals surface area contributed by atoms with Crippen LogP contribution in [-0.4, -0.2) is 25.7 Å². The lowest BCUT2D eigenvalue weighted by Crippen LogP contribution is -2.44. The van der Waals surface area contributed by atoms with Gasteiger partial charge in [-0.3, -0.25) is 0 Å². The molecule has 0 spiro atoms. The quantitative estimate of drug-likeness (QED) is 0.844. The second kappa shape index (κ2) is 4.79. The van der Waals surface area contributed by atoms with Crippen LogP contribution in [0.4, 0.5) is 5.69 Å². The molecule has 4 heteroatoms. The summed E-state index contributed by atoms with van der Waals surface area (Å²) in [5.41, 5.74) is 1.72. The van der Waals surface area contributed by atoms with E-state index < -0.39 is 0 Å². The lowest BCUT2D eigenvalue weighted by molar-refractivity contribution is 0.376. The van der Waals surface area contributed by atoms with E-state index in [1.54, 1.807) is 6.07 Å². The minimum atomic E-state index is 0.672. The van der Waals surface area contributed by atoms with E-state index in [0.29, 0.717) is 17.0 Å². The fraction of sp³-hybridized carbons (Fsp3) is 0.500. The number of fused-ring (bicyclic) bond motifs is 1. The van der Waals surface area contributed by atoms with Crippen LogP contribution in [0, 0.1) is 17.2 Å². The van der Waals surface area contributed by atoms with Crippen molar-refractivity contribution in [3.05, 3.63) is 28.8 Å². The Kier molecular flexibility index (Phi) is 3.15. The molecular formula is C14H16ClN3.